The predicted molar refractivity (Wildman–Crippen MR) is 101 cm³/mol. The van der Waals surface area contributed by atoms with E-state index in [-0.39, 0.29) is 18.1 Å². The second kappa shape index (κ2) is 9.10. The normalized spacial score (nSPS) is 21.4. The average molecular weight is 425 g/mol. The molecule has 2 aliphatic rings. The quantitative estimate of drug-likeness (QED) is 0.648. The van der Waals surface area contributed by atoms with Crippen LogP contribution in [-0.4, -0.2) is 47.5 Å². The molecule has 162 valence electrons. The third kappa shape index (κ3) is 6.16. The molecular weight excluding hydrogens is 403 g/mol. The van der Waals surface area contributed by atoms with Crippen LogP contribution in [0.25, 0.3) is 0 Å². The number of carbonyl (C=O) groups excluding carboxylic acids is 1. The number of carboxylic acid groups (broad SMARTS) is 1. The second-order valence-corrected chi connectivity index (χ2v) is 7.14. The number of amides is 1. The summed E-state index contributed by atoms with van der Waals surface area (Å²) >= 11 is 0. The number of benzene rings is 1. The zero-order valence-corrected chi connectivity index (χ0v) is 16.0. The molecule has 7 nitrogen and oxygen atoms in total. The van der Waals surface area contributed by atoms with Crippen molar-refractivity contribution in [2.75, 3.05) is 13.1 Å². The molecule has 1 saturated heterocycles. The van der Waals surface area contributed by atoms with Crippen LogP contribution in [0.4, 0.5) is 13.2 Å². The molecule has 3 N–H and O–H groups in total. The van der Waals surface area contributed by atoms with Gasteiger partial charge in [0.15, 0.2) is 0 Å². The Hall–Kier alpha value is -3.17. The molecule has 2 atom stereocenters. The fourth-order valence-electron chi connectivity index (χ4n) is 3.44. The molecule has 2 aliphatic heterocycles. The molecule has 0 spiro atoms. The lowest BCUT2D eigenvalue weighted by atomic mass is 9.97. The molecule has 1 aromatic rings. The molecule has 1 aromatic carbocycles. The van der Waals surface area contributed by atoms with Gasteiger partial charge in [-0.05, 0) is 42.7 Å². The van der Waals surface area contributed by atoms with Crippen molar-refractivity contribution in [3.05, 3.63) is 53.9 Å². The number of alkyl halides is 3. The molecule has 30 heavy (non-hydrogen) atoms. The van der Waals surface area contributed by atoms with E-state index in [0.29, 0.717) is 18.5 Å². The van der Waals surface area contributed by atoms with Crippen molar-refractivity contribution in [3.63, 3.8) is 0 Å². The number of aliphatic carboxylic acids is 1. The summed E-state index contributed by atoms with van der Waals surface area (Å²) < 4.78 is 40.8. The lowest BCUT2D eigenvalue weighted by Crippen LogP contribution is -2.45. The summed E-state index contributed by atoms with van der Waals surface area (Å²) in [5.74, 6) is -1.95. The van der Waals surface area contributed by atoms with Crippen LogP contribution in [0.3, 0.4) is 0 Å². The van der Waals surface area contributed by atoms with Crippen molar-refractivity contribution in [3.8, 4) is 5.75 Å². The number of carboxylic acids is 1. The lowest BCUT2D eigenvalue weighted by molar-refractivity contribution is -0.274. The van der Waals surface area contributed by atoms with Gasteiger partial charge in [0.1, 0.15) is 11.9 Å². The van der Waals surface area contributed by atoms with Gasteiger partial charge in [0.05, 0.1) is 18.0 Å². The first-order valence-electron chi connectivity index (χ1n) is 9.46. The molecule has 0 radical (unpaired) electrons. The van der Waals surface area contributed by atoms with E-state index < -0.39 is 24.4 Å². The van der Waals surface area contributed by atoms with Crippen molar-refractivity contribution < 1.29 is 32.6 Å². The van der Waals surface area contributed by atoms with Crippen LogP contribution in [0.1, 0.15) is 18.4 Å². The Balaban J connectivity index is 1.50. The van der Waals surface area contributed by atoms with Crippen LogP contribution in [0.15, 0.2) is 48.3 Å². The van der Waals surface area contributed by atoms with Crippen molar-refractivity contribution in [2.45, 2.75) is 31.8 Å². The third-order valence-electron chi connectivity index (χ3n) is 4.82. The van der Waals surface area contributed by atoms with Crippen molar-refractivity contribution >= 4 is 11.9 Å². The van der Waals surface area contributed by atoms with Gasteiger partial charge in [-0.2, -0.15) is 0 Å². The molecule has 0 aliphatic carbocycles. The highest BCUT2D eigenvalue weighted by Gasteiger charge is 2.31. The molecular formula is C20H22F3N3O4. The molecule has 2 heterocycles. The van der Waals surface area contributed by atoms with E-state index >= 15 is 0 Å². The lowest BCUT2D eigenvalue weighted by Gasteiger charge is -2.34. The van der Waals surface area contributed by atoms with E-state index in [2.05, 4.69) is 15.4 Å². The first kappa shape index (κ1) is 21.5. The summed E-state index contributed by atoms with van der Waals surface area (Å²) in [5.41, 5.74) is 1.22. The van der Waals surface area contributed by atoms with Gasteiger partial charge in [-0.25, -0.2) is 0 Å². The van der Waals surface area contributed by atoms with E-state index in [1.165, 1.54) is 18.2 Å². The highest BCUT2D eigenvalue weighted by Crippen LogP contribution is 2.24. The van der Waals surface area contributed by atoms with Gasteiger partial charge in [0.2, 0.25) is 5.91 Å². The Morgan fingerprint density at radius 3 is 2.80 bits per heavy atom. The molecule has 3 rings (SSSR count). The molecule has 0 bridgehead atoms. The fraction of sp³-hybridized carbons (Fsp3) is 0.400. The summed E-state index contributed by atoms with van der Waals surface area (Å²) in [6.45, 7) is 1.19. The van der Waals surface area contributed by atoms with Crippen molar-refractivity contribution in [1.29, 1.82) is 0 Å². The van der Waals surface area contributed by atoms with Crippen LogP contribution < -0.4 is 15.4 Å². The summed E-state index contributed by atoms with van der Waals surface area (Å²) in [6, 6.07) is 5.27. The minimum Gasteiger partial charge on any atom is -0.481 e. The number of carbonyl (C=O) groups is 2. The molecule has 1 amide bonds. The third-order valence-corrected chi connectivity index (χ3v) is 4.82. The summed E-state index contributed by atoms with van der Waals surface area (Å²) in [6.07, 6.45) is 1.33. The number of hydrogen-bond acceptors (Lipinski definition) is 5. The van der Waals surface area contributed by atoms with Gasteiger partial charge in [0, 0.05) is 19.3 Å². The number of nitrogens with zero attached hydrogens (tertiary/aromatic N) is 1. The highest BCUT2D eigenvalue weighted by atomic mass is 19.4. The van der Waals surface area contributed by atoms with E-state index in [4.69, 9.17) is 0 Å². The Morgan fingerprint density at radius 2 is 2.13 bits per heavy atom. The maximum absolute atomic E-state index is 12.3. The Morgan fingerprint density at radius 1 is 1.33 bits per heavy atom. The molecule has 0 aromatic heterocycles. The number of dihydropyridines is 1. The topological polar surface area (TPSA) is 90.9 Å². The predicted octanol–water partition coefficient (Wildman–Crippen LogP) is 2.37. The number of rotatable bonds is 6. The summed E-state index contributed by atoms with van der Waals surface area (Å²) in [4.78, 5) is 25.4. The first-order valence-corrected chi connectivity index (χ1v) is 9.46. The Bertz CT molecular complexity index is 854. The first-order chi connectivity index (χ1) is 14.2. The average Bonchev–Trinajstić information content (AvgIpc) is 2.67. The van der Waals surface area contributed by atoms with Gasteiger partial charge in [-0.15, -0.1) is 13.2 Å². The highest BCUT2D eigenvalue weighted by molar-refractivity contribution is 5.79. The maximum Gasteiger partial charge on any atom is 0.573 e. The SMILES string of the molecule is O=C(Cc1cccc(OC(F)(F)F)c1)NC1C=CC(N2CCCC(C(=O)O)C2)=CN1. The molecule has 1 fully saturated rings. The number of ether oxygens (including phenoxy) is 1. The number of piperidine rings is 1. The summed E-state index contributed by atoms with van der Waals surface area (Å²) in [7, 11) is 0. The van der Waals surface area contributed by atoms with Crippen LogP contribution in [-0.2, 0) is 16.0 Å². The zero-order valence-electron chi connectivity index (χ0n) is 16.0. The number of allylic oxidation sites excluding steroid dienone is 1. The van der Waals surface area contributed by atoms with Gasteiger partial charge in [-0.1, -0.05) is 12.1 Å². The molecule has 2 unspecified atom stereocenters. The monoisotopic (exact) mass is 425 g/mol. The number of nitrogens with one attached hydrogen (secondary N) is 2. The van der Waals surface area contributed by atoms with E-state index in [0.717, 1.165) is 18.7 Å². The second-order valence-electron chi connectivity index (χ2n) is 7.14. The van der Waals surface area contributed by atoms with Crippen LogP contribution in [0.5, 0.6) is 5.75 Å². The maximum atomic E-state index is 12.3. The van der Waals surface area contributed by atoms with Gasteiger partial charge in [-0.3, -0.25) is 9.59 Å². The van der Waals surface area contributed by atoms with Crippen LogP contribution >= 0.6 is 0 Å². The van der Waals surface area contributed by atoms with Gasteiger partial charge >= 0.3 is 12.3 Å². The summed E-state index contributed by atoms with van der Waals surface area (Å²) in [5, 5.41) is 15.0. The van der Waals surface area contributed by atoms with Gasteiger partial charge in [0.25, 0.3) is 0 Å². The minimum absolute atomic E-state index is 0.107. The largest absolute Gasteiger partial charge is 0.573 e. The van der Waals surface area contributed by atoms with Gasteiger partial charge < -0.3 is 25.4 Å². The van der Waals surface area contributed by atoms with Crippen molar-refractivity contribution in [2.24, 2.45) is 5.92 Å². The number of likely N-dealkylation sites (tertiary alicyclic amines) is 1. The minimum atomic E-state index is -4.79. The Labute approximate surface area is 171 Å². The van der Waals surface area contributed by atoms with Crippen LogP contribution in [0, 0.1) is 5.92 Å². The Kier molecular flexibility index (Phi) is 6.53. The van der Waals surface area contributed by atoms with E-state index in [9.17, 15) is 27.9 Å². The van der Waals surface area contributed by atoms with Crippen molar-refractivity contribution in [1.82, 2.24) is 15.5 Å². The number of halogens is 3. The molecule has 0 saturated carbocycles. The molecule has 10 heteroatoms. The zero-order chi connectivity index (χ0) is 21.7. The smallest absolute Gasteiger partial charge is 0.481 e. The van der Waals surface area contributed by atoms with E-state index in [1.54, 1.807) is 18.3 Å². The number of hydrogen-bond donors (Lipinski definition) is 3. The van der Waals surface area contributed by atoms with Crippen LogP contribution in [0.2, 0.25) is 0 Å². The van der Waals surface area contributed by atoms with E-state index in [1.807, 2.05) is 11.0 Å². The fourth-order valence-corrected chi connectivity index (χ4v) is 3.44. The standard InChI is InChI=1S/C20H22F3N3O4/c21-20(22,23)30-16-5-1-3-13(9-16)10-18(27)25-17-7-6-15(11-24-17)26-8-2-4-14(12-26)19(28)29/h1,3,5-7,9,11,14,17,24H,2,4,8,10,12H2,(H,25,27)(H,28,29).